The van der Waals surface area contributed by atoms with Gasteiger partial charge in [-0.05, 0) is 26.2 Å². The van der Waals surface area contributed by atoms with Crippen LogP contribution in [0.15, 0.2) is 36.5 Å². The topological polar surface area (TPSA) is 112 Å². The van der Waals surface area contributed by atoms with E-state index >= 15 is 0 Å². The second kappa shape index (κ2) is 15.0. The van der Waals surface area contributed by atoms with Crippen LogP contribution >= 0.6 is 0 Å². The summed E-state index contributed by atoms with van der Waals surface area (Å²) in [5.74, 6) is -2.71. The molecule has 0 aliphatic heterocycles. The standard InChI is InChI=1S/C7H12O2.C5H8O2.C4H6O2/c1-3-4-5-6(2)7(8)9;1-3-4(2)5(6)7;1-3(2)4(5)6/h2-5H2,1H3,(H,8,9);2-3H2,1H3,(H,6,7);1H2,2H3,(H,5,6). The highest BCUT2D eigenvalue weighted by Gasteiger charge is 2.00. The molecule has 0 unspecified atom stereocenters. The first-order valence-corrected chi connectivity index (χ1v) is 6.72. The summed E-state index contributed by atoms with van der Waals surface area (Å²) in [5.41, 5.74) is 0.756. The van der Waals surface area contributed by atoms with Gasteiger partial charge in [0.25, 0.3) is 0 Å². The quantitative estimate of drug-likeness (QED) is 0.620. The van der Waals surface area contributed by atoms with Crippen molar-refractivity contribution in [3.8, 4) is 0 Å². The fourth-order valence-corrected chi connectivity index (χ4v) is 0.648. The van der Waals surface area contributed by atoms with Crippen LogP contribution in [0, 0.1) is 0 Å². The van der Waals surface area contributed by atoms with Gasteiger partial charge in [-0.2, -0.15) is 0 Å². The monoisotopic (exact) mass is 314 g/mol. The van der Waals surface area contributed by atoms with Crippen molar-refractivity contribution in [2.75, 3.05) is 0 Å². The van der Waals surface area contributed by atoms with Gasteiger partial charge < -0.3 is 15.3 Å². The molecule has 6 nitrogen and oxygen atoms in total. The summed E-state index contributed by atoms with van der Waals surface area (Å²) >= 11 is 0. The van der Waals surface area contributed by atoms with Gasteiger partial charge in [0.1, 0.15) is 0 Å². The van der Waals surface area contributed by atoms with Crippen molar-refractivity contribution in [2.24, 2.45) is 0 Å². The van der Waals surface area contributed by atoms with Crippen LogP contribution in [0.4, 0.5) is 0 Å². The average molecular weight is 314 g/mol. The smallest absolute Gasteiger partial charge is 0.330 e. The van der Waals surface area contributed by atoms with Crippen molar-refractivity contribution in [1.82, 2.24) is 0 Å². The SMILES string of the molecule is C=C(C)C(=O)O.C=C(CC)C(=O)O.C=C(CCCC)C(=O)O. The van der Waals surface area contributed by atoms with Gasteiger partial charge in [0.15, 0.2) is 0 Å². The van der Waals surface area contributed by atoms with Crippen LogP contribution in [-0.2, 0) is 14.4 Å². The number of carboxylic acids is 3. The lowest BCUT2D eigenvalue weighted by Gasteiger charge is -1.95. The first-order chi connectivity index (χ1) is 10.0. The van der Waals surface area contributed by atoms with Gasteiger partial charge in [0.05, 0.1) is 0 Å². The van der Waals surface area contributed by atoms with Gasteiger partial charge >= 0.3 is 17.9 Å². The molecule has 3 N–H and O–H groups in total. The van der Waals surface area contributed by atoms with E-state index in [9.17, 15) is 14.4 Å². The molecule has 0 aromatic carbocycles. The first-order valence-electron chi connectivity index (χ1n) is 6.72. The fraction of sp³-hybridized carbons (Fsp3) is 0.438. The second-order valence-electron chi connectivity index (χ2n) is 4.36. The molecule has 0 heterocycles. The highest BCUT2D eigenvalue weighted by molar-refractivity contribution is 5.86. The molecule has 126 valence electrons. The number of unbranched alkanes of at least 4 members (excludes halogenated alkanes) is 1. The lowest BCUT2D eigenvalue weighted by Crippen LogP contribution is -1.97. The van der Waals surface area contributed by atoms with E-state index < -0.39 is 17.9 Å². The third-order valence-electron chi connectivity index (χ3n) is 2.23. The summed E-state index contributed by atoms with van der Waals surface area (Å²) in [7, 11) is 0. The molecular weight excluding hydrogens is 288 g/mol. The predicted octanol–water partition coefficient (Wildman–Crippen LogP) is 3.50. The molecule has 0 bridgehead atoms. The van der Waals surface area contributed by atoms with E-state index in [-0.39, 0.29) is 11.1 Å². The molecule has 0 spiro atoms. The van der Waals surface area contributed by atoms with Gasteiger partial charge in [-0.3, -0.25) is 0 Å². The van der Waals surface area contributed by atoms with Crippen LogP contribution in [0.3, 0.4) is 0 Å². The Labute approximate surface area is 131 Å². The van der Waals surface area contributed by atoms with E-state index in [0.29, 0.717) is 18.4 Å². The predicted molar refractivity (Wildman–Crippen MR) is 85.8 cm³/mol. The molecular formula is C16H26O6. The van der Waals surface area contributed by atoms with Gasteiger partial charge in [0.2, 0.25) is 0 Å². The average Bonchev–Trinajstić information content (AvgIpc) is 2.44. The number of carbonyl (C=O) groups is 3. The molecule has 0 radical (unpaired) electrons. The molecule has 0 aliphatic rings. The Balaban J connectivity index is -0.000000252. The van der Waals surface area contributed by atoms with E-state index in [4.69, 9.17) is 15.3 Å². The summed E-state index contributed by atoms with van der Waals surface area (Å²) in [6, 6.07) is 0. The third-order valence-corrected chi connectivity index (χ3v) is 2.23. The molecule has 0 saturated heterocycles. The number of hydrogen-bond acceptors (Lipinski definition) is 3. The summed E-state index contributed by atoms with van der Waals surface area (Å²) in [5, 5.41) is 24.3. The maximum absolute atomic E-state index is 10.1. The minimum atomic E-state index is -0.935. The fourth-order valence-electron chi connectivity index (χ4n) is 0.648. The van der Waals surface area contributed by atoms with Crippen LogP contribution in [0.25, 0.3) is 0 Å². The van der Waals surface area contributed by atoms with E-state index in [1.807, 2.05) is 6.92 Å². The van der Waals surface area contributed by atoms with Crippen LogP contribution in [0.1, 0.15) is 46.5 Å². The molecule has 6 heteroatoms. The Morgan fingerprint density at radius 1 is 0.818 bits per heavy atom. The van der Waals surface area contributed by atoms with Crippen molar-refractivity contribution < 1.29 is 29.7 Å². The highest BCUT2D eigenvalue weighted by Crippen LogP contribution is 2.03. The molecule has 0 fully saturated rings. The van der Waals surface area contributed by atoms with Crippen LogP contribution in [-0.4, -0.2) is 33.2 Å². The number of carboxylic acid groups (broad SMARTS) is 3. The minimum absolute atomic E-state index is 0.176. The minimum Gasteiger partial charge on any atom is -0.478 e. The number of rotatable bonds is 7. The summed E-state index contributed by atoms with van der Waals surface area (Å²) < 4.78 is 0. The summed E-state index contributed by atoms with van der Waals surface area (Å²) in [6.45, 7) is 15.1. The van der Waals surface area contributed by atoms with Crippen molar-refractivity contribution in [2.45, 2.75) is 46.5 Å². The molecule has 0 aromatic rings. The first kappa shape index (κ1) is 24.6. The maximum Gasteiger partial charge on any atom is 0.330 e. The molecule has 0 aromatic heterocycles. The van der Waals surface area contributed by atoms with Crippen molar-refractivity contribution >= 4 is 17.9 Å². The Morgan fingerprint density at radius 2 is 1.18 bits per heavy atom. The molecule has 22 heavy (non-hydrogen) atoms. The largest absolute Gasteiger partial charge is 0.478 e. The summed E-state index contributed by atoms with van der Waals surface area (Å²) in [4.78, 5) is 29.5. The van der Waals surface area contributed by atoms with Crippen LogP contribution in [0.5, 0.6) is 0 Å². The Bertz CT molecular complexity index is 408. The Morgan fingerprint density at radius 3 is 1.32 bits per heavy atom. The maximum atomic E-state index is 10.1. The van der Waals surface area contributed by atoms with Gasteiger partial charge in [-0.25, -0.2) is 14.4 Å². The lowest BCUT2D eigenvalue weighted by atomic mass is 10.1. The Kier molecular flexibility index (Phi) is 16.8. The zero-order valence-electron chi connectivity index (χ0n) is 13.5. The van der Waals surface area contributed by atoms with Crippen LogP contribution < -0.4 is 0 Å². The van der Waals surface area contributed by atoms with Crippen molar-refractivity contribution in [3.63, 3.8) is 0 Å². The van der Waals surface area contributed by atoms with E-state index in [1.165, 1.54) is 6.92 Å². The molecule has 0 saturated carbocycles. The molecule has 0 atom stereocenters. The highest BCUT2D eigenvalue weighted by atomic mass is 16.4. The van der Waals surface area contributed by atoms with Crippen LogP contribution in [0.2, 0.25) is 0 Å². The Hall–Kier alpha value is -2.37. The summed E-state index contributed by atoms with van der Waals surface area (Å²) in [6.07, 6.45) is 3.08. The van der Waals surface area contributed by atoms with Gasteiger partial charge in [-0.15, -0.1) is 0 Å². The molecule has 0 aliphatic carbocycles. The van der Waals surface area contributed by atoms with Gasteiger partial charge in [-0.1, -0.05) is 40.0 Å². The number of hydrogen-bond donors (Lipinski definition) is 3. The van der Waals surface area contributed by atoms with Crippen molar-refractivity contribution in [3.05, 3.63) is 36.5 Å². The lowest BCUT2D eigenvalue weighted by molar-refractivity contribution is -0.133. The van der Waals surface area contributed by atoms with Gasteiger partial charge in [0, 0.05) is 16.7 Å². The van der Waals surface area contributed by atoms with E-state index in [2.05, 4.69) is 19.7 Å². The zero-order valence-corrected chi connectivity index (χ0v) is 13.5. The van der Waals surface area contributed by atoms with E-state index in [1.54, 1.807) is 6.92 Å². The second-order valence-corrected chi connectivity index (χ2v) is 4.36. The van der Waals surface area contributed by atoms with Crippen molar-refractivity contribution in [1.29, 1.82) is 0 Å². The van der Waals surface area contributed by atoms with E-state index in [0.717, 1.165) is 12.8 Å². The molecule has 0 amide bonds. The normalized spacial score (nSPS) is 8.32. The number of aliphatic carboxylic acids is 3. The third kappa shape index (κ3) is 20.0. The molecule has 0 rings (SSSR count). The zero-order chi connectivity index (χ0) is 18.3.